The van der Waals surface area contributed by atoms with Crippen molar-refractivity contribution < 1.29 is 17.9 Å². The number of ether oxygens (including phenoxy) is 1. The average molecular weight is 395 g/mol. The zero-order valence-corrected chi connectivity index (χ0v) is 16.3. The highest BCUT2D eigenvalue weighted by Crippen LogP contribution is 2.17. The Morgan fingerprint density at radius 2 is 1.46 bits per heavy atom. The first-order valence-electron chi connectivity index (χ1n) is 8.76. The van der Waals surface area contributed by atoms with Crippen molar-refractivity contribution in [2.75, 3.05) is 7.11 Å². The van der Waals surface area contributed by atoms with Crippen molar-refractivity contribution in [3.63, 3.8) is 0 Å². The van der Waals surface area contributed by atoms with Crippen molar-refractivity contribution in [2.45, 2.75) is 17.2 Å². The smallest absolute Gasteiger partial charge is 0.251 e. The van der Waals surface area contributed by atoms with Gasteiger partial charge in [0.25, 0.3) is 5.91 Å². The van der Waals surface area contributed by atoms with E-state index in [-0.39, 0.29) is 16.6 Å². The summed E-state index contributed by atoms with van der Waals surface area (Å²) in [5.41, 5.74) is 2.07. The lowest BCUT2D eigenvalue weighted by molar-refractivity contribution is 0.0951. The van der Waals surface area contributed by atoms with Crippen molar-refractivity contribution in [1.29, 1.82) is 0 Å². The van der Waals surface area contributed by atoms with Gasteiger partial charge in [-0.05, 0) is 47.5 Å². The number of hydrogen-bond acceptors (Lipinski definition) is 4. The maximum Gasteiger partial charge on any atom is 0.251 e. The van der Waals surface area contributed by atoms with Crippen molar-refractivity contribution in [1.82, 2.24) is 5.32 Å². The van der Waals surface area contributed by atoms with Gasteiger partial charge in [-0.15, -0.1) is 0 Å². The third kappa shape index (κ3) is 4.98. The molecule has 0 aromatic heterocycles. The molecule has 0 fully saturated rings. The zero-order valence-electron chi connectivity index (χ0n) is 15.5. The fourth-order valence-corrected chi connectivity index (χ4v) is 4.08. The molecule has 0 saturated carbocycles. The molecule has 5 nitrogen and oxygen atoms in total. The molecule has 3 rings (SSSR count). The van der Waals surface area contributed by atoms with E-state index in [1.54, 1.807) is 61.7 Å². The van der Waals surface area contributed by atoms with Gasteiger partial charge in [0.1, 0.15) is 5.75 Å². The summed E-state index contributed by atoms with van der Waals surface area (Å²) in [6.45, 7) is 0.396. The number of amides is 1. The molecule has 0 unspecified atom stereocenters. The van der Waals surface area contributed by atoms with Crippen LogP contribution >= 0.6 is 0 Å². The van der Waals surface area contributed by atoms with Gasteiger partial charge in [-0.1, -0.05) is 42.5 Å². The standard InChI is InChI=1S/C22H21NO4S/c1-27-20-13-9-17(10-14-20)15-23-22(24)19-11-7-18(8-12-19)16-28(25,26)21-5-3-2-4-6-21/h2-14H,15-16H2,1H3,(H,23,24). The SMILES string of the molecule is COc1ccc(CNC(=O)c2ccc(CS(=O)(=O)c3ccccc3)cc2)cc1. The molecule has 144 valence electrons. The molecule has 28 heavy (non-hydrogen) atoms. The normalized spacial score (nSPS) is 11.0. The van der Waals surface area contributed by atoms with Crippen LogP contribution in [0.3, 0.4) is 0 Å². The Morgan fingerprint density at radius 1 is 0.857 bits per heavy atom. The van der Waals surface area contributed by atoms with Crippen LogP contribution in [-0.4, -0.2) is 21.4 Å². The van der Waals surface area contributed by atoms with Gasteiger partial charge in [0, 0.05) is 12.1 Å². The van der Waals surface area contributed by atoms with Crippen LogP contribution in [0.15, 0.2) is 83.8 Å². The predicted molar refractivity (Wildman–Crippen MR) is 108 cm³/mol. The van der Waals surface area contributed by atoms with Crippen molar-refractivity contribution in [3.05, 3.63) is 95.6 Å². The molecule has 0 aliphatic rings. The van der Waals surface area contributed by atoms with Crippen LogP contribution < -0.4 is 10.1 Å². The summed E-state index contributed by atoms with van der Waals surface area (Å²) < 4.78 is 30.0. The second-order valence-electron chi connectivity index (χ2n) is 6.30. The Labute approximate surface area is 164 Å². The van der Waals surface area contributed by atoms with Crippen LogP contribution in [0.1, 0.15) is 21.5 Å². The van der Waals surface area contributed by atoms with E-state index in [1.165, 1.54) is 0 Å². The molecular formula is C22H21NO4S. The Kier molecular flexibility index (Phi) is 6.11. The number of hydrogen-bond donors (Lipinski definition) is 1. The minimum Gasteiger partial charge on any atom is -0.497 e. The van der Waals surface area contributed by atoms with Gasteiger partial charge in [0.15, 0.2) is 9.84 Å². The van der Waals surface area contributed by atoms with Crippen LogP contribution in [0.25, 0.3) is 0 Å². The molecule has 0 heterocycles. The zero-order chi connectivity index (χ0) is 20.0. The van der Waals surface area contributed by atoms with E-state index in [9.17, 15) is 13.2 Å². The largest absolute Gasteiger partial charge is 0.497 e. The predicted octanol–water partition coefficient (Wildman–Crippen LogP) is 3.60. The Hall–Kier alpha value is -3.12. The van der Waals surface area contributed by atoms with Gasteiger partial charge in [0.05, 0.1) is 17.8 Å². The third-order valence-corrected chi connectivity index (χ3v) is 5.99. The van der Waals surface area contributed by atoms with Crippen molar-refractivity contribution in [3.8, 4) is 5.75 Å². The van der Waals surface area contributed by atoms with Crippen LogP contribution in [0.4, 0.5) is 0 Å². The van der Waals surface area contributed by atoms with Gasteiger partial charge in [0.2, 0.25) is 0 Å². The molecule has 0 saturated heterocycles. The van der Waals surface area contributed by atoms with E-state index < -0.39 is 9.84 Å². The molecule has 0 aliphatic carbocycles. The topological polar surface area (TPSA) is 72.5 Å². The Balaban J connectivity index is 1.61. The fraction of sp³-hybridized carbons (Fsp3) is 0.136. The minimum atomic E-state index is -3.41. The van der Waals surface area contributed by atoms with E-state index in [2.05, 4.69) is 5.32 Å². The lowest BCUT2D eigenvalue weighted by Gasteiger charge is -2.08. The van der Waals surface area contributed by atoms with Gasteiger partial charge < -0.3 is 10.1 Å². The summed E-state index contributed by atoms with van der Waals surface area (Å²) in [4.78, 5) is 12.6. The highest BCUT2D eigenvalue weighted by atomic mass is 32.2. The Morgan fingerprint density at radius 3 is 2.07 bits per heavy atom. The van der Waals surface area contributed by atoms with Gasteiger partial charge in [-0.2, -0.15) is 0 Å². The quantitative estimate of drug-likeness (QED) is 0.663. The van der Waals surface area contributed by atoms with E-state index in [4.69, 9.17) is 4.74 Å². The van der Waals surface area contributed by atoms with Crippen LogP contribution in [0, 0.1) is 0 Å². The fourth-order valence-electron chi connectivity index (χ4n) is 2.71. The minimum absolute atomic E-state index is 0.106. The van der Waals surface area contributed by atoms with Gasteiger partial charge >= 0.3 is 0 Å². The summed E-state index contributed by atoms with van der Waals surface area (Å²) in [7, 11) is -1.81. The number of methoxy groups -OCH3 is 1. The maximum atomic E-state index is 12.4. The molecule has 0 aliphatic heterocycles. The first-order valence-corrected chi connectivity index (χ1v) is 10.4. The first-order chi connectivity index (χ1) is 13.5. The highest BCUT2D eigenvalue weighted by Gasteiger charge is 2.15. The molecule has 0 spiro atoms. The van der Waals surface area contributed by atoms with E-state index >= 15 is 0 Å². The van der Waals surface area contributed by atoms with Gasteiger partial charge in [-0.25, -0.2) is 8.42 Å². The van der Waals surface area contributed by atoms with E-state index in [1.807, 2.05) is 24.3 Å². The van der Waals surface area contributed by atoms with Crippen LogP contribution in [-0.2, 0) is 22.1 Å². The molecule has 0 bridgehead atoms. The van der Waals surface area contributed by atoms with Crippen LogP contribution in [0.2, 0.25) is 0 Å². The number of nitrogens with one attached hydrogen (secondary N) is 1. The molecule has 3 aromatic rings. The summed E-state index contributed by atoms with van der Waals surface area (Å²) >= 11 is 0. The lowest BCUT2D eigenvalue weighted by atomic mass is 10.1. The molecular weight excluding hydrogens is 374 g/mol. The van der Waals surface area contributed by atoms with Crippen molar-refractivity contribution in [2.24, 2.45) is 0 Å². The highest BCUT2D eigenvalue weighted by molar-refractivity contribution is 7.90. The molecule has 1 amide bonds. The maximum absolute atomic E-state index is 12.4. The molecule has 0 atom stereocenters. The van der Waals surface area contributed by atoms with Crippen molar-refractivity contribution >= 4 is 15.7 Å². The summed E-state index contributed by atoms with van der Waals surface area (Å²) in [5, 5.41) is 2.85. The van der Waals surface area contributed by atoms with E-state index in [0.29, 0.717) is 17.7 Å². The second-order valence-corrected chi connectivity index (χ2v) is 8.29. The van der Waals surface area contributed by atoms with E-state index in [0.717, 1.165) is 11.3 Å². The number of benzene rings is 3. The summed E-state index contributed by atoms with van der Waals surface area (Å²) in [6.07, 6.45) is 0. The molecule has 6 heteroatoms. The second kappa shape index (κ2) is 8.71. The Bertz CT molecular complexity index is 1030. The first kappa shape index (κ1) is 19.6. The lowest BCUT2D eigenvalue weighted by Crippen LogP contribution is -2.22. The number of carbonyl (C=O) groups excluding carboxylic acids is 1. The third-order valence-electron chi connectivity index (χ3n) is 4.29. The summed E-state index contributed by atoms with van der Waals surface area (Å²) in [6, 6.07) is 22.4. The van der Waals surface area contributed by atoms with Gasteiger partial charge in [-0.3, -0.25) is 4.79 Å². The molecule has 1 N–H and O–H groups in total. The van der Waals surface area contributed by atoms with Crippen LogP contribution in [0.5, 0.6) is 5.75 Å². The number of sulfone groups is 1. The average Bonchev–Trinajstić information content (AvgIpc) is 2.73. The summed E-state index contributed by atoms with van der Waals surface area (Å²) in [5.74, 6) is 0.439. The molecule has 3 aromatic carbocycles. The monoisotopic (exact) mass is 395 g/mol. The number of rotatable bonds is 7. The molecule has 0 radical (unpaired) electrons. The number of carbonyl (C=O) groups is 1.